The van der Waals surface area contributed by atoms with E-state index in [0.29, 0.717) is 17.9 Å². The molecule has 1 heterocycles. The summed E-state index contributed by atoms with van der Waals surface area (Å²) in [5.41, 5.74) is 3.45. The van der Waals surface area contributed by atoms with Gasteiger partial charge in [-0.15, -0.1) is 0 Å². The first-order valence-corrected chi connectivity index (χ1v) is 11.5. The maximum atomic E-state index is 12.6. The predicted octanol–water partition coefficient (Wildman–Crippen LogP) is 6.09. The molecule has 33 heavy (non-hydrogen) atoms. The van der Waals surface area contributed by atoms with Gasteiger partial charge < -0.3 is 15.4 Å². The van der Waals surface area contributed by atoms with E-state index in [4.69, 9.17) is 4.74 Å². The Morgan fingerprint density at radius 2 is 1.79 bits per heavy atom. The summed E-state index contributed by atoms with van der Waals surface area (Å²) in [7, 11) is 0. The average Bonchev–Trinajstić information content (AvgIpc) is 2.83. The van der Waals surface area contributed by atoms with Crippen LogP contribution >= 0.6 is 15.9 Å². The van der Waals surface area contributed by atoms with Gasteiger partial charge in [0.05, 0.1) is 0 Å². The summed E-state index contributed by atoms with van der Waals surface area (Å²) in [6.07, 6.45) is 0.296. The molecule has 2 N–H and O–H groups in total. The van der Waals surface area contributed by atoms with Crippen LogP contribution in [-0.4, -0.2) is 18.4 Å². The Hall–Kier alpha value is -3.64. The zero-order valence-electron chi connectivity index (χ0n) is 17.7. The quantitative estimate of drug-likeness (QED) is 0.348. The molecular formula is C27H21BrN2O3. The van der Waals surface area contributed by atoms with Crippen LogP contribution in [0.3, 0.4) is 0 Å². The summed E-state index contributed by atoms with van der Waals surface area (Å²) < 4.78 is 6.86. The Morgan fingerprint density at radius 1 is 1.00 bits per heavy atom. The first kappa shape index (κ1) is 21.2. The first-order valence-electron chi connectivity index (χ1n) is 10.7. The summed E-state index contributed by atoms with van der Waals surface area (Å²) >= 11 is 3.56. The Balaban J connectivity index is 1.49. The molecule has 1 atom stereocenters. The SMILES string of the molecule is O=C(COc1ccc(Br)cc1[C@@H]1CC(=O)Nc2ccc3ccccc3c21)Nc1ccccc1. The van der Waals surface area contributed by atoms with Gasteiger partial charge in [0.15, 0.2) is 6.61 Å². The van der Waals surface area contributed by atoms with Crippen molar-refractivity contribution in [2.75, 3.05) is 17.2 Å². The number of anilines is 2. The highest BCUT2D eigenvalue weighted by atomic mass is 79.9. The molecule has 0 aliphatic carbocycles. The summed E-state index contributed by atoms with van der Waals surface area (Å²) in [6.45, 7) is -0.134. The second-order valence-electron chi connectivity index (χ2n) is 7.94. The van der Waals surface area contributed by atoms with Crippen LogP contribution in [0.2, 0.25) is 0 Å². The largest absolute Gasteiger partial charge is 0.483 e. The third kappa shape index (κ3) is 4.47. The number of halogens is 1. The van der Waals surface area contributed by atoms with Gasteiger partial charge in [-0.1, -0.05) is 64.5 Å². The monoisotopic (exact) mass is 500 g/mol. The van der Waals surface area contributed by atoms with Gasteiger partial charge in [0.25, 0.3) is 5.91 Å². The van der Waals surface area contributed by atoms with Crippen LogP contribution in [0.15, 0.2) is 89.4 Å². The van der Waals surface area contributed by atoms with E-state index in [0.717, 1.165) is 32.1 Å². The van der Waals surface area contributed by atoms with E-state index in [-0.39, 0.29) is 24.3 Å². The minimum atomic E-state index is -0.248. The topological polar surface area (TPSA) is 67.4 Å². The first-order chi connectivity index (χ1) is 16.1. The van der Waals surface area contributed by atoms with E-state index in [9.17, 15) is 9.59 Å². The van der Waals surface area contributed by atoms with Crippen LogP contribution < -0.4 is 15.4 Å². The zero-order valence-corrected chi connectivity index (χ0v) is 19.3. The number of amides is 2. The van der Waals surface area contributed by atoms with Gasteiger partial charge in [0.1, 0.15) is 5.75 Å². The molecule has 6 heteroatoms. The molecule has 5 nitrogen and oxygen atoms in total. The van der Waals surface area contributed by atoms with Gasteiger partial charge in [-0.2, -0.15) is 0 Å². The van der Waals surface area contributed by atoms with Gasteiger partial charge in [-0.3, -0.25) is 9.59 Å². The molecule has 0 aromatic heterocycles. The molecule has 0 radical (unpaired) electrons. The highest BCUT2D eigenvalue weighted by molar-refractivity contribution is 9.10. The highest BCUT2D eigenvalue weighted by Gasteiger charge is 2.30. The number of hydrogen-bond donors (Lipinski definition) is 2. The van der Waals surface area contributed by atoms with Crippen molar-refractivity contribution < 1.29 is 14.3 Å². The van der Waals surface area contributed by atoms with Crippen molar-refractivity contribution in [2.45, 2.75) is 12.3 Å². The smallest absolute Gasteiger partial charge is 0.262 e. The maximum absolute atomic E-state index is 12.6. The molecule has 0 saturated carbocycles. The van der Waals surface area contributed by atoms with Crippen LogP contribution in [0.1, 0.15) is 23.5 Å². The van der Waals surface area contributed by atoms with E-state index < -0.39 is 0 Å². The second-order valence-corrected chi connectivity index (χ2v) is 8.85. The highest BCUT2D eigenvalue weighted by Crippen LogP contribution is 2.44. The van der Waals surface area contributed by atoms with Crippen molar-refractivity contribution in [1.82, 2.24) is 0 Å². The van der Waals surface area contributed by atoms with E-state index >= 15 is 0 Å². The average molecular weight is 501 g/mol. The summed E-state index contributed by atoms with van der Waals surface area (Å²) in [5, 5.41) is 8.04. The number of rotatable bonds is 5. The third-order valence-corrected chi connectivity index (χ3v) is 6.24. The summed E-state index contributed by atoms with van der Waals surface area (Å²) in [6, 6.07) is 27.1. The Bertz CT molecular complexity index is 1350. The van der Waals surface area contributed by atoms with Gasteiger partial charge >= 0.3 is 0 Å². The minimum absolute atomic E-state index is 0.0458. The number of carbonyl (C=O) groups is 2. The lowest BCUT2D eigenvalue weighted by atomic mass is 9.81. The van der Waals surface area contributed by atoms with Crippen LogP contribution in [-0.2, 0) is 9.59 Å². The van der Waals surface area contributed by atoms with Gasteiger partial charge in [-0.05, 0) is 52.7 Å². The van der Waals surface area contributed by atoms with Gasteiger partial charge in [0.2, 0.25) is 5.91 Å². The fourth-order valence-electron chi connectivity index (χ4n) is 4.32. The van der Waals surface area contributed by atoms with E-state index in [2.05, 4.69) is 38.7 Å². The molecule has 1 aliphatic rings. The lowest BCUT2D eigenvalue weighted by Crippen LogP contribution is -2.25. The molecule has 164 valence electrons. The van der Waals surface area contributed by atoms with Crippen molar-refractivity contribution in [3.05, 3.63) is 101 Å². The molecule has 1 aliphatic heterocycles. The Morgan fingerprint density at radius 3 is 2.64 bits per heavy atom. The molecule has 0 bridgehead atoms. The molecular weight excluding hydrogens is 480 g/mol. The molecule has 0 spiro atoms. The molecule has 2 amide bonds. The lowest BCUT2D eigenvalue weighted by molar-refractivity contribution is -0.118. The second kappa shape index (κ2) is 9.08. The normalized spacial score (nSPS) is 14.9. The molecule has 0 saturated heterocycles. The predicted molar refractivity (Wildman–Crippen MR) is 134 cm³/mol. The van der Waals surface area contributed by atoms with Crippen LogP contribution in [0.25, 0.3) is 10.8 Å². The molecule has 0 unspecified atom stereocenters. The number of para-hydroxylation sites is 1. The number of carbonyl (C=O) groups excluding carboxylic acids is 2. The lowest BCUT2D eigenvalue weighted by Gasteiger charge is -2.29. The van der Waals surface area contributed by atoms with Crippen LogP contribution in [0.4, 0.5) is 11.4 Å². The number of nitrogens with one attached hydrogen (secondary N) is 2. The molecule has 4 aromatic carbocycles. The number of hydrogen-bond acceptors (Lipinski definition) is 3. The van der Waals surface area contributed by atoms with Gasteiger partial charge in [-0.25, -0.2) is 0 Å². The Kier molecular flexibility index (Phi) is 5.84. The summed E-state index contributed by atoms with van der Waals surface area (Å²) in [4.78, 5) is 25.0. The third-order valence-electron chi connectivity index (χ3n) is 5.75. The van der Waals surface area contributed by atoms with E-state index in [1.54, 1.807) is 0 Å². The van der Waals surface area contributed by atoms with Crippen LogP contribution in [0, 0.1) is 0 Å². The molecule has 4 aromatic rings. The minimum Gasteiger partial charge on any atom is -0.483 e. The van der Waals surface area contributed by atoms with Crippen LogP contribution in [0.5, 0.6) is 5.75 Å². The molecule has 5 rings (SSSR count). The van der Waals surface area contributed by atoms with E-state index in [1.165, 1.54) is 0 Å². The van der Waals surface area contributed by atoms with Crippen molar-refractivity contribution in [3.8, 4) is 5.75 Å². The Labute approximate surface area is 199 Å². The van der Waals surface area contributed by atoms with Crippen molar-refractivity contribution >= 4 is 49.9 Å². The summed E-state index contributed by atoms with van der Waals surface area (Å²) in [5.74, 6) is 0.0855. The van der Waals surface area contributed by atoms with Crippen molar-refractivity contribution in [3.63, 3.8) is 0 Å². The van der Waals surface area contributed by atoms with E-state index in [1.807, 2.05) is 72.8 Å². The fourth-order valence-corrected chi connectivity index (χ4v) is 4.70. The van der Waals surface area contributed by atoms with Crippen molar-refractivity contribution in [2.24, 2.45) is 0 Å². The standard InChI is InChI=1S/C27H21BrN2O3/c28-18-11-13-24(33-16-26(32)29-19-7-2-1-3-8-19)21(14-18)22-15-25(31)30-23-12-10-17-6-4-5-9-20(17)27(22)23/h1-14,22H,15-16H2,(H,29,32)(H,30,31)/t22-/m0/s1. The fraction of sp³-hybridized carbons (Fsp3) is 0.111. The zero-order chi connectivity index (χ0) is 22.8. The molecule has 0 fully saturated rings. The number of benzene rings is 4. The number of ether oxygens (including phenoxy) is 1. The van der Waals surface area contributed by atoms with Crippen molar-refractivity contribution in [1.29, 1.82) is 0 Å². The number of fused-ring (bicyclic) bond motifs is 3. The maximum Gasteiger partial charge on any atom is 0.262 e. The van der Waals surface area contributed by atoms with Gasteiger partial charge in [0, 0.05) is 33.7 Å².